The summed E-state index contributed by atoms with van der Waals surface area (Å²) in [6.07, 6.45) is 2.09. The van der Waals surface area contributed by atoms with E-state index in [2.05, 4.69) is 59.0 Å². The zero-order chi connectivity index (χ0) is 20.9. The molecule has 1 aromatic heterocycles. The Bertz CT molecular complexity index is 1100. The zero-order valence-electron chi connectivity index (χ0n) is 17.4. The van der Waals surface area contributed by atoms with Gasteiger partial charge in [0.2, 0.25) is 5.91 Å². The van der Waals surface area contributed by atoms with Crippen molar-refractivity contribution in [3.63, 3.8) is 0 Å². The van der Waals surface area contributed by atoms with Crippen LogP contribution in [0.5, 0.6) is 0 Å². The van der Waals surface area contributed by atoms with E-state index in [0.717, 1.165) is 11.2 Å². The average molecular weight is 398 g/mol. The minimum atomic E-state index is -0.299. The van der Waals surface area contributed by atoms with Gasteiger partial charge in [-0.3, -0.25) is 4.79 Å². The van der Waals surface area contributed by atoms with Crippen LogP contribution in [0.4, 0.5) is 5.69 Å². The molecule has 0 aliphatic heterocycles. The lowest BCUT2D eigenvalue weighted by Gasteiger charge is -2.25. The van der Waals surface area contributed by atoms with Crippen LogP contribution in [0, 0.1) is 0 Å². The summed E-state index contributed by atoms with van der Waals surface area (Å²) >= 11 is 0. The lowest BCUT2D eigenvalue weighted by molar-refractivity contribution is -0.119. The number of amides is 1. The van der Waals surface area contributed by atoms with Gasteiger partial charge in [0, 0.05) is 42.3 Å². The molecule has 1 amide bonds. The maximum atomic E-state index is 12.9. The second-order valence-corrected chi connectivity index (χ2v) is 7.62. The van der Waals surface area contributed by atoms with E-state index >= 15 is 0 Å². The number of aromatic amines is 1. The largest absolute Gasteiger partial charge is 0.361 e. The van der Waals surface area contributed by atoms with E-state index in [4.69, 9.17) is 0 Å². The number of carbonyl (C=O) groups excluding carboxylic acids is 1. The summed E-state index contributed by atoms with van der Waals surface area (Å²) in [5, 5.41) is 4.70. The molecule has 0 spiro atoms. The van der Waals surface area contributed by atoms with Crippen molar-refractivity contribution < 1.29 is 4.79 Å². The van der Waals surface area contributed by atoms with Crippen molar-refractivity contribution >= 4 is 22.5 Å². The maximum absolute atomic E-state index is 12.9. The maximum Gasteiger partial charge on any atom is 0.243 e. The van der Waals surface area contributed by atoms with Crippen LogP contribution in [-0.2, 0) is 4.79 Å². The second-order valence-electron chi connectivity index (χ2n) is 7.62. The molecule has 0 aliphatic carbocycles. The molecule has 30 heavy (non-hydrogen) atoms. The zero-order valence-corrected chi connectivity index (χ0v) is 17.4. The second kappa shape index (κ2) is 8.97. The van der Waals surface area contributed by atoms with Gasteiger partial charge in [-0.15, -0.1) is 0 Å². The molecule has 0 unspecified atom stereocenters. The third-order valence-electron chi connectivity index (χ3n) is 5.67. The number of benzene rings is 3. The number of carbonyl (C=O) groups is 1. The summed E-state index contributed by atoms with van der Waals surface area (Å²) in [6.45, 7) is 2.60. The van der Waals surface area contributed by atoms with Gasteiger partial charge in [-0.25, -0.2) is 0 Å². The summed E-state index contributed by atoms with van der Waals surface area (Å²) in [6, 6.07) is 28.2. The Hall–Kier alpha value is -3.37. The van der Waals surface area contributed by atoms with Crippen LogP contribution in [-0.4, -0.2) is 30.5 Å². The molecule has 1 heterocycles. The quantitative estimate of drug-likeness (QED) is 0.464. The first-order valence-corrected chi connectivity index (χ1v) is 10.3. The van der Waals surface area contributed by atoms with Gasteiger partial charge in [0.1, 0.15) is 0 Å². The van der Waals surface area contributed by atoms with Gasteiger partial charge >= 0.3 is 0 Å². The van der Waals surface area contributed by atoms with Gasteiger partial charge in [-0.05, 0) is 36.2 Å². The number of para-hydroxylation sites is 2. The van der Waals surface area contributed by atoms with Crippen molar-refractivity contribution in [2.45, 2.75) is 18.9 Å². The van der Waals surface area contributed by atoms with Crippen LogP contribution >= 0.6 is 0 Å². The van der Waals surface area contributed by atoms with Gasteiger partial charge in [0.05, 0.1) is 6.04 Å². The number of aromatic nitrogens is 1. The van der Waals surface area contributed by atoms with Crippen LogP contribution in [0.15, 0.2) is 91.1 Å². The molecule has 4 heteroatoms. The fraction of sp³-hybridized carbons (Fsp3) is 0.192. The first-order valence-electron chi connectivity index (χ1n) is 10.3. The molecule has 2 N–H and O–H groups in total. The van der Waals surface area contributed by atoms with Crippen LogP contribution in [0.2, 0.25) is 0 Å². The Kier molecular flexibility index (Phi) is 5.96. The van der Waals surface area contributed by atoms with Crippen molar-refractivity contribution in [1.29, 1.82) is 0 Å². The Morgan fingerprint density at radius 1 is 0.933 bits per heavy atom. The smallest absolute Gasteiger partial charge is 0.243 e. The molecule has 0 saturated heterocycles. The number of nitrogens with one attached hydrogen (secondary N) is 2. The van der Waals surface area contributed by atoms with E-state index in [0.29, 0.717) is 6.54 Å². The van der Waals surface area contributed by atoms with E-state index in [9.17, 15) is 4.79 Å². The first kappa shape index (κ1) is 19.9. The van der Waals surface area contributed by atoms with E-state index in [1.807, 2.05) is 56.4 Å². The predicted octanol–water partition coefficient (Wildman–Crippen LogP) is 4.94. The Labute approximate surface area is 177 Å². The predicted molar refractivity (Wildman–Crippen MR) is 124 cm³/mol. The Morgan fingerprint density at radius 2 is 1.57 bits per heavy atom. The molecule has 4 aromatic rings. The van der Waals surface area contributed by atoms with Crippen LogP contribution < -0.4 is 10.2 Å². The number of hydrogen-bond donors (Lipinski definition) is 2. The Balaban J connectivity index is 1.55. The van der Waals surface area contributed by atoms with E-state index in [-0.39, 0.29) is 17.9 Å². The number of hydrogen-bond acceptors (Lipinski definition) is 2. The van der Waals surface area contributed by atoms with Crippen molar-refractivity contribution in [3.05, 3.63) is 102 Å². The first-order chi connectivity index (χ1) is 14.6. The third kappa shape index (κ3) is 4.14. The average Bonchev–Trinajstić information content (AvgIpc) is 3.23. The molecular weight excluding hydrogens is 370 g/mol. The lowest BCUT2D eigenvalue weighted by atomic mass is 9.90. The molecule has 4 rings (SSSR count). The molecule has 0 fully saturated rings. The van der Waals surface area contributed by atoms with Crippen molar-refractivity contribution in [1.82, 2.24) is 10.3 Å². The fourth-order valence-corrected chi connectivity index (χ4v) is 3.93. The van der Waals surface area contributed by atoms with Gasteiger partial charge in [0.15, 0.2) is 0 Å². The highest BCUT2D eigenvalue weighted by molar-refractivity contribution is 5.96. The summed E-state index contributed by atoms with van der Waals surface area (Å²) in [4.78, 5) is 18.0. The highest BCUT2D eigenvalue weighted by Gasteiger charge is 2.22. The molecule has 3 aromatic carbocycles. The van der Waals surface area contributed by atoms with E-state index in [1.165, 1.54) is 16.5 Å². The SMILES string of the molecule is C[C@H](NC[C@H](c1ccccc1)c1c[nH]c2ccccc12)C(=O)N(C)c1ccccc1. The molecule has 152 valence electrons. The molecule has 0 bridgehead atoms. The molecule has 0 saturated carbocycles. The summed E-state index contributed by atoms with van der Waals surface area (Å²) in [7, 11) is 1.82. The number of nitrogens with zero attached hydrogens (tertiary/aromatic N) is 1. The number of rotatable bonds is 7. The third-order valence-corrected chi connectivity index (χ3v) is 5.67. The molecule has 4 nitrogen and oxygen atoms in total. The highest BCUT2D eigenvalue weighted by atomic mass is 16.2. The van der Waals surface area contributed by atoms with Gasteiger partial charge in [-0.2, -0.15) is 0 Å². The number of anilines is 1. The van der Waals surface area contributed by atoms with Crippen LogP contribution in [0.3, 0.4) is 0 Å². The van der Waals surface area contributed by atoms with Crippen molar-refractivity contribution in [2.24, 2.45) is 0 Å². The highest BCUT2D eigenvalue weighted by Crippen LogP contribution is 2.30. The van der Waals surface area contributed by atoms with E-state index < -0.39 is 0 Å². The lowest BCUT2D eigenvalue weighted by Crippen LogP contribution is -2.44. The van der Waals surface area contributed by atoms with Crippen LogP contribution in [0.1, 0.15) is 24.0 Å². The van der Waals surface area contributed by atoms with Crippen molar-refractivity contribution in [3.8, 4) is 0 Å². The van der Waals surface area contributed by atoms with Gasteiger partial charge < -0.3 is 15.2 Å². The number of likely N-dealkylation sites (N-methyl/N-ethyl adjacent to an activating group) is 1. The minimum absolute atomic E-state index is 0.0481. The molecular formula is C26H27N3O. The summed E-state index contributed by atoms with van der Waals surface area (Å²) < 4.78 is 0. The monoisotopic (exact) mass is 397 g/mol. The summed E-state index contributed by atoms with van der Waals surface area (Å²) in [5.41, 5.74) is 4.49. The minimum Gasteiger partial charge on any atom is -0.361 e. The topological polar surface area (TPSA) is 48.1 Å². The molecule has 0 radical (unpaired) electrons. The van der Waals surface area contributed by atoms with Crippen LogP contribution in [0.25, 0.3) is 10.9 Å². The fourth-order valence-electron chi connectivity index (χ4n) is 3.93. The van der Waals surface area contributed by atoms with Crippen molar-refractivity contribution in [2.75, 3.05) is 18.5 Å². The van der Waals surface area contributed by atoms with Gasteiger partial charge in [-0.1, -0.05) is 66.7 Å². The molecule has 2 atom stereocenters. The van der Waals surface area contributed by atoms with Gasteiger partial charge in [0.25, 0.3) is 0 Å². The number of fused-ring (bicyclic) bond motifs is 1. The molecule has 0 aliphatic rings. The van der Waals surface area contributed by atoms with E-state index in [1.54, 1.807) is 4.90 Å². The number of H-pyrrole nitrogens is 1. The summed E-state index contributed by atoms with van der Waals surface area (Å²) in [5.74, 6) is 0.187. The normalized spacial score (nSPS) is 13.1. The Morgan fingerprint density at radius 3 is 2.30 bits per heavy atom. The standard InChI is InChI=1S/C26H27N3O/c1-19(26(30)29(2)21-13-7-4-8-14-21)27-17-23(20-11-5-3-6-12-20)24-18-28-25-16-10-9-15-22(24)25/h3-16,18-19,23,27-28H,17H2,1-2H3/t19-,23+/m0/s1.